The van der Waals surface area contributed by atoms with E-state index in [-0.39, 0.29) is 31.8 Å². The number of nitrogens with one attached hydrogen (secondary N) is 2. The van der Waals surface area contributed by atoms with Gasteiger partial charge in [-0.15, -0.1) is 0 Å². The Morgan fingerprint density at radius 1 is 1.36 bits per heavy atom. The molecule has 1 unspecified atom stereocenters. The first kappa shape index (κ1) is 16.1. The number of anilines is 1. The van der Waals surface area contributed by atoms with E-state index in [2.05, 4.69) is 10.6 Å². The standard InChI is InChI=1S/C13H14F3N3O3/c14-8-5-7(6-9(15)11(8)16)18-13(22)19-3-2-17-12(21)10(19)1-4-20/h5-6,10,20H,1-4H2,(H,17,21)(H,18,22). The van der Waals surface area contributed by atoms with Crippen molar-refractivity contribution in [2.45, 2.75) is 12.5 Å². The van der Waals surface area contributed by atoms with Gasteiger partial charge >= 0.3 is 6.03 Å². The third-order valence-corrected chi connectivity index (χ3v) is 3.23. The number of rotatable bonds is 3. The fourth-order valence-corrected chi connectivity index (χ4v) is 2.19. The van der Waals surface area contributed by atoms with E-state index in [9.17, 15) is 22.8 Å². The van der Waals surface area contributed by atoms with Crippen molar-refractivity contribution in [2.75, 3.05) is 25.0 Å². The highest BCUT2D eigenvalue weighted by atomic mass is 19.2. The van der Waals surface area contributed by atoms with Crippen molar-refractivity contribution >= 4 is 17.6 Å². The second-order valence-corrected chi connectivity index (χ2v) is 4.70. The monoisotopic (exact) mass is 317 g/mol. The van der Waals surface area contributed by atoms with Gasteiger partial charge in [0.25, 0.3) is 0 Å². The fourth-order valence-electron chi connectivity index (χ4n) is 2.19. The van der Waals surface area contributed by atoms with E-state index >= 15 is 0 Å². The first-order valence-electron chi connectivity index (χ1n) is 6.54. The molecule has 3 amide bonds. The van der Waals surface area contributed by atoms with Gasteiger partial charge in [0.15, 0.2) is 17.5 Å². The minimum absolute atomic E-state index is 0.0331. The summed E-state index contributed by atoms with van der Waals surface area (Å²) in [5, 5.41) is 13.7. The zero-order valence-corrected chi connectivity index (χ0v) is 11.4. The zero-order valence-electron chi connectivity index (χ0n) is 11.4. The van der Waals surface area contributed by atoms with E-state index in [1.165, 1.54) is 0 Å². The number of hydrogen-bond donors (Lipinski definition) is 3. The summed E-state index contributed by atoms with van der Waals surface area (Å²) in [6, 6.07) is -0.365. The Morgan fingerprint density at radius 2 is 2.00 bits per heavy atom. The quantitative estimate of drug-likeness (QED) is 0.722. The summed E-state index contributed by atoms with van der Waals surface area (Å²) in [6.07, 6.45) is 0.0331. The van der Waals surface area contributed by atoms with Gasteiger partial charge in [0, 0.05) is 37.5 Å². The lowest BCUT2D eigenvalue weighted by Crippen LogP contribution is -2.58. The number of aliphatic hydroxyl groups excluding tert-OH is 1. The number of carbonyl (C=O) groups is 2. The van der Waals surface area contributed by atoms with Crippen molar-refractivity contribution in [3.8, 4) is 0 Å². The van der Waals surface area contributed by atoms with Crippen LogP contribution in [0.1, 0.15) is 6.42 Å². The maximum atomic E-state index is 13.1. The van der Waals surface area contributed by atoms with Crippen LogP contribution in [0.3, 0.4) is 0 Å². The third kappa shape index (κ3) is 3.30. The Bertz CT molecular complexity index is 574. The van der Waals surface area contributed by atoms with Crippen molar-refractivity contribution in [1.82, 2.24) is 10.2 Å². The molecule has 2 rings (SSSR count). The molecule has 22 heavy (non-hydrogen) atoms. The van der Waals surface area contributed by atoms with Gasteiger partial charge in [0.1, 0.15) is 6.04 Å². The number of urea groups is 1. The van der Waals surface area contributed by atoms with Crippen LogP contribution in [0.5, 0.6) is 0 Å². The Balaban J connectivity index is 2.15. The van der Waals surface area contributed by atoms with E-state index < -0.39 is 35.4 Å². The Morgan fingerprint density at radius 3 is 2.59 bits per heavy atom. The SMILES string of the molecule is O=C1NCCN(C(=O)Nc2cc(F)c(F)c(F)c2)C1CCO. The summed E-state index contributed by atoms with van der Waals surface area (Å²) in [4.78, 5) is 25.0. The van der Waals surface area contributed by atoms with E-state index in [1.807, 2.05) is 0 Å². The van der Waals surface area contributed by atoms with Crippen LogP contribution in [-0.2, 0) is 4.79 Å². The van der Waals surface area contributed by atoms with Gasteiger partial charge in [-0.3, -0.25) is 4.79 Å². The summed E-state index contributed by atoms with van der Waals surface area (Å²) in [5.74, 6) is -4.92. The third-order valence-electron chi connectivity index (χ3n) is 3.23. The molecule has 1 heterocycles. The number of carbonyl (C=O) groups excluding carboxylic acids is 2. The maximum Gasteiger partial charge on any atom is 0.322 e. The first-order valence-corrected chi connectivity index (χ1v) is 6.54. The van der Waals surface area contributed by atoms with E-state index in [0.29, 0.717) is 12.1 Å². The van der Waals surface area contributed by atoms with Crippen molar-refractivity contribution in [3.05, 3.63) is 29.6 Å². The lowest BCUT2D eigenvalue weighted by atomic mass is 10.1. The molecule has 120 valence electrons. The van der Waals surface area contributed by atoms with E-state index in [1.54, 1.807) is 0 Å². The Kier molecular flexibility index (Phi) is 4.86. The van der Waals surface area contributed by atoms with E-state index in [4.69, 9.17) is 5.11 Å². The molecule has 1 aromatic rings. The summed E-state index contributed by atoms with van der Waals surface area (Å²) in [7, 11) is 0. The molecule has 3 N–H and O–H groups in total. The van der Waals surface area contributed by atoms with Gasteiger partial charge in [-0.25, -0.2) is 18.0 Å². The van der Waals surface area contributed by atoms with Crippen molar-refractivity contribution in [3.63, 3.8) is 0 Å². The smallest absolute Gasteiger partial charge is 0.322 e. The summed E-state index contributed by atoms with van der Waals surface area (Å²) < 4.78 is 39.1. The fraction of sp³-hybridized carbons (Fsp3) is 0.385. The average molecular weight is 317 g/mol. The number of amides is 3. The predicted octanol–water partition coefficient (Wildman–Crippen LogP) is 0.819. The van der Waals surface area contributed by atoms with Crippen molar-refractivity contribution in [2.24, 2.45) is 0 Å². The molecule has 1 fully saturated rings. The number of halogens is 3. The van der Waals surface area contributed by atoms with Crippen LogP contribution in [-0.4, -0.2) is 47.7 Å². The zero-order chi connectivity index (χ0) is 16.3. The largest absolute Gasteiger partial charge is 0.396 e. The number of nitrogens with zero attached hydrogens (tertiary/aromatic N) is 1. The van der Waals surface area contributed by atoms with Gasteiger partial charge in [-0.1, -0.05) is 0 Å². The number of piperazine rings is 1. The number of benzene rings is 1. The molecular weight excluding hydrogens is 303 g/mol. The molecule has 6 nitrogen and oxygen atoms in total. The van der Waals surface area contributed by atoms with Crippen LogP contribution in [0, 0.1) is 17.5 Å². The summed E-state index contributed by atoms with van der Waals surface area (Å²) in [5.41, 5.74) is -0.268. The van der Waals surface area contributed by atoms with Crippen molar-refractivity contribution < 1.29 is 27.9 Å². The second-order valence-electron chi connectivity index (χ2n) is 4.70. The molecule has 9 heteroatoms. The molecule has 1 atom stereocenters. The molecular formula is C13H14F3N3O3. The number of aliphatic hydroxyl groups is 1. The van der Waals surface area contributed by atoms with Gasteiger partial charge in [-0.05, 0) is 6.42 Å². The van der Waals surface area contributed by atoms with Gasteiger partial charge in [0.2, 0.25) is 5.91 Å². The summed E-state index contributed by atoms with van der Waals surface area (Å²) in [6.45, 7) is 0.0936. The highest BCUT2D eigenvalue weighted by molar-refractivity contribution is 5.94. The van der Waals surface area contributed by atoms with Gasteiger partial charge in [-0.2, -0.15) is 0 Å². The van der Waals surface area contributed by atoms with Crippen LogP contribution in [0.25, 0.3) is 0 Å². The average Bonchev–Trinajstić information content (AvgIpc) is 2.47. The van der Waals surface area contributed by atoms with Crippen LogP contribution >= 0.6 is 0 Å². The molecule has 0 aromatic heterocycles. The topological polar surface area (TPSA) is 81.7 Å². The Hall–Kier alpha value is -2.29. The lowest BCUT2D eigenvalue weighted by Gasteiger charge is -2.34. The number of hydrogen-bond acceptors (Lipinski definition) is 3. The second kappa shape index (κ2) is 6.65. The molecule has 0 spiro atoms. The molecule has 0 bridgehead atoms. The molecule has 0 radical (unpaired) electrons. The minimum atomic E-state index is -1.63. The van der Waals surface area contributed by atoms with Crippen LogP contribution in [0.15, 0.2) is 12.1 Å². The molecule has 1 aromatic carbocycles. The normalized spacial score (nSPS) is 18.1. The maximum absolute atomic E-state index is 13.1. The molecule has 1 saturated heterocycles. The first-order chi connectivity index (χ1) is 10.4. The molecule has 0 aliphatic carbocycles. The highest BCUT2D eigenvalue weighted by Gasteiger charge is 2.32. The minimum Gasteiger partial charge on any atom is -0.396 e. The lowest BCUT2D eigenvalue weighted by molar-refractivity contribution is -0.128. The summed E-state index contributed by atoms with van der Waals surface area (Å²) >= 11 is 0. The predicted molar refractivity (Wildman–Crippen MR) is 70.5 cm³/mol. The van der Waals surface area contributed by atoms with Gasteiger partial charge < -0.3 is 20.6 Å². The Labute approximate surface area is 123 Å². The van der Waals surface area contributed by atoms with Crippen LogP contribution in [0.2, 0.25) is 0 Å². The molecule has 0 saturated carbocycles. The molecule has 1 aliphatic rings. The van der Waals surface area contributed by atoms with Crippen LogP contribution < -0.4 is 10.6 Å². The van der Waals surface area contributed by atoms with E-state index in [0.717, 1.165) is 4.90 Å². The van der Waals surface area contributed by atoms with Crippen molar-refractivity contribution in [1.29, 1.82) is 0 Å². The highest BCUT2D eigenvalue weighted by Crippen LogP contribution is 2.19. The molecule has 1 aliphatic heterocycles. The van der Waals surface area contributed by atoms with Gasteiger partial charge in [0.05, 0.1) is 0 Å². The van der Waals surface area contributed by atoms with Crippen LogP contribution in [0.4, 0.5) is 23.7 Å².